The normalized spacial score (nSPS) is 17.6. The quantitative estimate of drug-likeness (QED) is 0.840. The first-order chi connectivity index (χ1) is 12.2. The molecule has 2 aromatic carbocycles. The standard InChI is InChI=1S/C20H23FN2OS/c1-2-23-13-3-4-17(23)14-22-20(24)15-5-9-18(10-6-15)25-19-11-7-16(21)8-12-19/h5-12,17H,2-4,13-14H2,1H3,(H,22,24). The number of carbonyl (C=O) groups is 1. The van der Waals surface area contributed by atoms with E-state index in [1.165, 1.54) is 18.6 Å². The molecule has 3 rings (SSSR count). The second-order valence-electron chi connectivity index (χ2n) is 6.22. The zero-order valence-electron chi connectivity index (χ0n) is 14.4. The zero-order chi connectivity index (χ0) is 17.6. The van der Waals surface area contributed by atoms with Crippen molar-refractivity contribution in [3.63, 3.8) is 0 Å². The summed E-state index contributed by atoms with van der Waals surface area (Å²) < 4.78 is 12.9. The lowest BCUT2D eigenvalue weighted by atomic mass is 10.2. The SMILES string of the molecule is CCN1CCCC1CNC(=O)c1ccc(Sc2ccc(F)cc2)cc1. The predicted octanol–water partition coefficient (Wildman–Crippen LogP) is 4.19. The molecular formula is C20H23FN2OS. The van der Waals surface area contributed by atoms with E-state index in [1.54, 1.807) is 23.9 Å². The lowest BCUT2D eigenvalue weighted by molar-refractivity contribution is 0.0941. The Morgan fingerprint density at radius 2 is 1.80 bits per heavy atom. The summed E-state index contributed by atoms with van der Waals surface area (Å²) >= 11 is 1.55. The predicted molar refractivity (Wildman–Crippen MR) is 99.6 cm³/mol. The second kappa shape index (κ2) is 8.50. The molecule has 1 atom stereocenters. The smallest absolute Gasteiger partial charge is 0.251 e. The van der Waals surface area contributed by atoms with Gasteiger partial charge >= 0.3 is 0 Å². The lowest BCUT2D eigenvalue weighted by Crippen LogP contribution is -2.40. The van der Waals surface area contributed by atoms with E-state index in [4.69, 9.17) is 0 Å². The van der Waals surface area contributed by atoms with Crippen molar-refractivity contribution in [1.82, 2.24) is 10.2 Å². The number of likely N-dealkylation sites (N-methyl/N-ethyl adjacent to an activating group) is 1. The van der Waals surface area contributed by atoms with Gasteiger partial charge in [0.2, 0.25) is 0 Å². The molecule has 0 aliphatic carbocycles. The molecule has 1 fully saturated rings. The van der Waals surface area contributed by atoms with Crippen molar-refractivity contribution in [2.75, 3.05) is 19.6 Å². The fraction of sp³-hybridized carbons (Fsp3) is 0.350. The number of benzene rings is 2. The highest BCUT2D eigenvalue weighted by Gasteiger charge is 2.23. The molecule has 2 aromatic rings. The maximum Gasteiger partial charge on any atom is 0.251 e. The van der Waals surface area contributed by atoms with Crippen molar-refractivity contribution in [2.24, 2.45) is 0 Å². The number of halogens is 1. The molecular weight excluding hydrogens is 335 g/mol. The van der Waals surface area contributed by atoms with Crippen LogP contribution in [0.1, 0.15) is 30.1 Å². The summed E-state index contributed by atoms with van der Waals surface area (Å²) in [4.78, 5) is 16.7. The van der Waals surface area contributed by atoms with Gasteiger partial charge in [0.1, 0.15) is 5.82 Å². The summed E-state index contributed by atoms with van der Waals surface area (Å²) in [7, 11) is 0. The summed E-state index contributed by atoms with van der Waals surface area (Å²) in [5.74, 6) is -0.262. The van der Waals surface area contributed by atoms with Crippen LogP contribution < -0.4 is 5.32 Å². The summed E-state index contributed by atoms with van der Waals surface area (Å²) in [5.41, 5.74) is 0.671. The van der Waals surface area contributed by atoms with E-state index in [1.807, 2.05) is 24.3 Å². The number of hydrogen-bond acceptors (Lipinski definition) is 3. The van der Waals surface area contributed by atoms with Gasteiger partial charge in [0, 0.05) is 27.9 Å². The Bertz CT molecular complexity index is 703. The highest BCUT2D eigenvalue weighted by Crippen LogP contribution is 2.27. The summed E-state index contributed by atoms with van der Waals surface area (Å²) in [6.45, 7) is 5.04. The van der Waals surface area contributed by atoms with E-state index in [2.05, 4.69) is 17.1 Å². The molecule has 1 aliphatic rings. The first-order valence-electron chi connectivity index (χ1n) is 8.71. The summed E-state index contributed by atoms with van der Waals surface area (Å²) in [6, 6.07) is 14.4. The first kappa shape index (κ1) is 18.0. The van der Waals surface area contributed by atoms with Crippen molar-refractivity contribution >= 4 is 17.7 Å². The average molecular weight is 358 g/mol. The lowest BCUT2D eigenvalue weighted by Gasteiger charge is -2.22. The maximum absolute atomic E-state index is 12.9. The largest absolute Gasteiger partial charge is 0.350 e. The van der Waals surface area contributed by atoms with Crippen LogP contribution in [0.4, 0.5) is 4.39 Å². The van der Waals surface area contributed by atoms with Crippen molar-refractivity contribution in [3.05, 3.63) is 59.9 Å². The van der Waals surface area contributed by atoms with Crippen molar-refractivity contribution < 1.29 is 9.18 Å². The first-order valence-corrected chi connectivity index (χ1v) is 9.53. The van der Waals surface area contributed by atoms with Gasteiger partial charge in [0.15, 0.2) is 0 Å². The Morgan fingerprint density at radius 1 is 1.16 bits per heavy atom. The Kier molecular flexibility index (Phi) is 6.10. The molecule has 1 amide bonds. The molecule has 1 saturated heterocycles. The summed E-state index contributed by atoms with van der Waals surface area (Å²) in [6.07, 6.45) is 2.37. The molecule has 1 aliphatic heterocycles. The summed E-state index contributed by atoms with van der Waals surface area (Å²) in [5, 5.41) is 3.05. The molecule has 1 unspecified atom stereocenters. The highest BCUT2D eigenvalue weighted by molar-refractivity contribution is 7.99. The zero-order valence-corrected chi connectivity index (χ0v) is 15.2. The average Bonchev–Trinajstić information content (AvgIpc) is 3.10. The van der Waals surface area contributed by atoms with Crippen LogP contribution in [-0.4, -0.2) is 36.5 Å². The molecule has 0 bridgehead atoms. The number of likely N-dealkylation sites (tertiary alicyclic amines) is 1. The minimum Gasteiger partial charge on any atom is -0.350 e. The van der Waals surface area contributed by atoms with E-state index in [9.17, 15) is 9.18 Å². The topological polar surface area (TPSA) is 32.3 Å². The Balaban J connectivity index is 1.54. The number of rotatable bonds is 6. The van der Waals surface area contributed by atoms with Crippen LogP contribution in [0, 0.1) is 5.82 Å². The van der Waals surface area contributed by atoms with Gasteiger partial charge in [-0.15, -0.1) is 0 Å². The third-order valence-electron chi connectivity index (χ3n) is 4.57. The van der Waals surface area contributed by atoms with E-state index < -0.39 is 0 Å². The van der Waals surface area contributed by atoms with Crippen molar-refractivity contribution in [1.29, 1.82) is 0 Å². The van der Waals surface area contributed by atoms with Crippen LogP contribution >= 0.6 is 11.8 Å². The van der Waals surface area contributed by atoms with E-state index in [0.29, 0.717) is 18.2 Å². The van der Waals surface area contributed by atoms with E-state index in [0.717, 1.165) is 29.3 Å². The van der Waals surface area contributed by atoms with E-state index in [-0.39, 0.29) is 11.7 Å². The molecule has 0 radical (unpaired) electrons. The van der Waals surface area contributed by atoms with Gasteiger partial charge < -0.3 is 5.32 Å². The maximum atomic E-state index is 12.9. The Labute approximate surface area is 152 Å². The molecule has 132 valence electrons. The minimum absolute atomic E-state index is 0.0266. The van der Waals surface area contributed by atoms with Crippen molar-refractivity contribution in [2.45, 2.75) is 35.6 Å². The van der Waals surface area contributed by atoms with Gasteiger partial charge in [-0.2, -0.15) is 0 Å². The number of hydrogen-bond donors (Lipinski definition) is 1. The van der Waals surface area contributed by atoms with Crippen LogP contribution in [0.5, 0.6) is 0 Å². The fourth-order valence-corrected chi connectivity index (χ4v) is 3.98. The van der Waals surface area contributed by atoms with Crippen LogP contribution in [0.2, 0.25) is 0 Å². The second-order valence-corrected chi connectivity index (χ2v) is 7.36. The third-order valence-corrected chi connectivity index (χ3v) is 5.59. The monoisotopic (exact) mass is 358 g/mol. The third kappa shape index (κ3) is 4.83. The highest BCUT2D eigenvalue weighted by atomic mass is 32.2. The van der Waals surface area contributed by atoms with Crippen LogP contribution in [0.25, 0.3) is 0 Å². The van der Waals surface area contributed by atoms with Gasteiger partial charge in [0.25, 0.3) is 5.91 Å². The van der Waals surface area contributed by atoms with Gasteiger partial charge in [-0.3, -0.25) is 9.69 Å². The van der Waals surface area contributed by atoms with Crippen LogP contribution in [0.15, 0.2) is 58.3 Å². The molecule has 1 heterocycles. The van der Waals surface area contributed by atoms with Gasteiger partial charge in [-0.25, -0.2) is 4.39 Å². The number of carbonyl (C=O) groups excluding carboxylic acids is 1. The molecule has 1 N–H and O–H groups in total. The van der Waals surface area contributed by atoms with Crippen molar-refractivity contribution in [3.8, 4) is 0 Å². The fourth-order valence-electron chi connectivity index (χ4n) is 3.17. The van der Waals surface area contributed by atoms with Gasteiger partial charge in [-0.1, -0.05) is 18.7 Å². The van der Waals surface area contributed by atoms with Crippen LogP contribution in [-0.2, 0) is 0 Å². The molecule has 0 spiro atoms. The number of amides is 1. The molecule has 25 heavy (non-hydrogen) atoms. The molecule has 5 heteroatoms. The molecule has 0 aromatic heterocycles. The Morgan fingerprint density at radius 3 is 2.44 bits per heavy atom. The van der Waals surface area contributed by atoms with Gasteiger partial charge in [-0.05, 0) is 74.5 Å². The minimum atomic E-state index is -0.236. The Hall–Kier alpha value is -1.85. The van der Waals surface area contributed by atoms with Gasteiger partial charge in [0.05, 0.1) is 0 Å². The van der Waals surface area contributed by atoms with E-state index >= 15 is 0 Å². The number of nitrogens with zero attached hydrogens (tertiary/aromatic N) is 1. The molecule has 3 nitrogen and oxygen atoms in total. The number of nitrogens with one attached hydrogen (secondary N) is 1. The molecule has 0 saturated carbocycles. The van der Waals surface area contributed by atoms with Crippen LogP contribution in [0.3, 0.4) is 0 Å².